The maximum atomic E-state index is 6.20. The second-order valence-electron chi connectivity index (χ2n) is 4.80. The van der Waals surface area contributed by atoms with Crippen molar-refractivity contribution in [1.29, 1.82) is 0 Å². The van der Waals surface area contributed by atoms with Crippen molar-refractivity contribution in [2.75, 3.05) is 19.6 Å². The van der Waals surface area contributed by atoms with E-state index in [-0.39, 0.29) is 6.04 Å². The Morgan fingerprint density at radius 3 is 2.76 bits per heavy atom. The molecule has 0 spiro atoms. The highest BCUT2D eigenvalue weighted by atomic mass is 16.3. The van der Waals surface area contributed by atoms with Gasteiger partial charge in [0.1, 0.15) is 11.3 Å². The van der Waals surface area contributed by atoms with Gasteiger partial charge in [-0.1, -0.05) is 18.2 Å². The van der Waals surface area contributed by atoms with E-state index in [0.29, 0.717) is 0 Å². The van der Waals surface area contributed by atoms with Gasteiger partial charge in [-0.2, -0.15) is 0 Å². The quantitative estimate of drug-likeness (QED) is 0.881. The van der Waals surface area contributed by atoms with Crippen molar-refractivity contribution < 1.29 is 4.42 Å². The lowest BCUT2D eigenvalue weighted by Crippen LogP contribution is -2.29. The first-order valence-electron chi connectivity index (χ1n) is 6.29. The number of hydrogen-bond acceptors (Lipinski definition) is 3. The first-order valence-corrected chi connectivity index (χ1v) is 6.29. The molecule has 2 aromatic rings. The number of para-hydroxylation sites is 1. The molecule has 17 heavy (non-hydrogen) atoms. The first kappa shape index (κ1) is 10.8. The molecule has 2 N–H and O–H groups in total. The van der Waals surface area contributed by atoms with Gasteiger partial charge in [-0.05, 0) is 38.1 Å². The molecule has 90 valence electrons. The Balaban J connectivity index is 1.77. The minimum absolute atomic E-state index is 0.0134. The maximum Gasteiger partial charge on any atom is 0.134 e. The Kier molecular flexibility index (Phi) is 2.87. The minimum atomic E-state index is -0.0134. The van der Waals surface area contributed by atoms with Gasteiger partial charge in [0.2, 0.25) is 0 Å². The first-order chi connectivity index (χ1) is 8.33. The second-order valence-corrected chi connectivity index (χ2v) is 4.80. The van der Waals surface area contributed by atoms with E-state index < -0.39 is 0 Å². The number of rotatable bonds is 3. The minimum Gasteiger partial charge on any atom is -0.459 e. The number of furan rings is 1. The molecule has 0 bridgehead atoms. The average Bonchev–Trinajstić information content (AvgIpc) is 2.96. The number of hydrogen-bond donors (Lipinski definition) is 1. The zero-order chi connectivity index (χ0) is 11.7. The Morgan fingerprint density at radius 2 is 2.00 bits per heavy atom. The van der Waals surface area contributed by atoms with Gasteiger partial charge < -0.3 is 15.1 Å². The molecular weight excluding hydrogens is 212 g/mol. The average molecular weight is 230 g/mol. The van der Waals surface area contributed by atoms with Crippen LogP contribution in [0.25, 0.3) is 11.0 Å². The lowest BCUT2D eigenvalue weighted by atomic mass is 10.2. The molecule has 3 rings (SSSR count). The highest BCUT2D eigenvalue weighted by molar-refractivity contribution is 5.77. The zero-order valence-corrected chi connectivity index (χ0v) is 9.93. The van der Waals surface area contributed by atoms with E-state index in [1.54, 1.807) is 0 Å². The summed E-state index contributed by atoms with van der Waals surface area (Å²) in [6.07, 6.45) is 2.60. The number of likely N-dealkylation sites (tertiary alicyclic amines) is 1. The van der Waals surface area contributed by atoms with Gasteiger partial charge in [-0.25, -0.2) is 0 Å². The summed E-state index contributed by atoms with van der Waals surface area (Å²) in [5, 5.41) is 1.14. The Morgan fingerprint density at radius 1 is 1.24 bits per heavy atom. The summed E-state index contributed by atoms with van der Waals surface area (Å²) in [6, 6.07) is 10.1. The van der Waals surface area contributed by atoms with Crippen LogP contribution >= 0.6 is 0 Å². The van der Waals surface area contributed by atoms with Crippen molar-refractivity contribution in [3.63, 3.8) is 0 Å². The summed E-state index contributed by atoms with van der Waals surface area (Å²) in [4.78, 5) is 2.41. The third-order valence-corrected chi connectivity index (χ3v) is 3.46. The van der Waals surface area contributed by atoms with Crippen molar-refractivity contribution in [2.24, 2.45) is 5.73 Å². The molecule has 3 heteroatoms. The molecule has 3 nitrogen and oxygen atoms in total. The van der Waals surface area contributed by atoms with Crippen LogP contribution in [0, 0.1) is 0 Å². The van der Waals surface area contributed by atoms with Crippen molar-refractivity contribution in [3.05, 3.63) is 36.1 Å². The van der Waals surface area contributed by atoms with Crippen LogP contribution in [0.2, 0.25) is 0 Å². The van der Waals surface area contributed by atoms with Crippen molar-refractivity contribution >= 4 is 11.0 Å². The summed E-state index contributed by atoms with van der Waals surface area (Å²) < 4.78 is 5.79. The summed E-state index contributed by atoms with van der Waals surface area (Å²) in [5.74, 6) is 0.901. The molecule has 2 heterocycles. The van der Waals surface area contributed by atoms with Gasteiger partial charge in [0.25, 0.3) is 0 Å². The SMILES string of the molecule is NC(CN1CCCC1)c1cc2ccccc2o1. The van der Waals surface area contributed by atoms with Crippen molar-refractivity contribution in [2.45, 2.75) is 18.9 Å². The molecule has 1 fully saturated rings. The standard InChI is InChI=1S/C14H18N2O/c15-12(10-16-7-3-4-8-16)14-9-11-5-1-2-6-13(11)17-14/h1-2,5-6,9,12H,3-4,7-8,10,15H2. The number of nitrogens with two attached hydrogens (primary N) is 1. The molecule has 1 aromatic carbocycles. The summed E-state index contributed by atoms with van der Waals surface area (Å²) in [7, 11) is 0. The van der Waals surface area contributed by atoms with Crippen LogP contribution in [0.5, 0.6) is 0 Å². The predicted molar refractivity (Wildman–Crippen MR) is 68.8 cm³/mol. The molecule has 1 aromatic heterocycles. The summed E-state index contributed by atoms with van der Waals surface area (Å²) >= 11 is 0. The lowest BCUT2D eigenvalue weighted by molar-refractivity contribution is 0.300. The molecule has 0 saturated carbocycles. The van der Waals surface area contributed by atoms with E-state index in [4.69, 9.17) is 10.2 Å². The molecule has 1 saturated heterocycles. The number of fused-ring (bicyclic) bond motifs is 1. The van der Waals surface area contributed by atoms with Crippen LogP contribution in [-0.2, 0) is 0 Å². The summed E-state index contributed by atoms with van der Waals surface area (Å²) in [5.41, 5.74) is 7.13. The fourth-order valence-electron chi connectivity index (χ4n) is 2.52. The third-order valence-electron chi connectivity index (χ3n) is 3.46. The van der Waals surface area contributed by atoms with Gasteiger partial charge >= 0.3 is 0 Å². The number of benzene rings is 1. The molecule has 1 atom stereocenters. The number of nitrogens with zero attached hydrogens (tertiary/aromatic N) is 1. The van der Waals surface area contributed by atoms with E-state index >= 15 is 0 Å². The highest BCUT2D eigenvalue weighted by Gasteiger charge is 2.18. The van der Waals surface area contributed by atoms with Gasteiger partial charge in [-0.3, -0.25) is 0 Å². The topological polar surface area (TPSA) is 42.4 Å². The van der Waals surface area contributed by atoms with Crippen LogP contribution in [0.1, 0.15) is 24.6 Å². The Labute approximate surface area is 101 Å². The Hall–Kier alpha value is -1.32. The van der Waals surface area contributed by atoms with E-state index in [9.17, 15) is 0 Å². The zero-order valence-electron chi connectivity index (χ0n) is 9.93. The van der Waals surface area contributed by atoms with Gasteiger partial charge in [0.15, 0.2) is 0 Å². The molecule has 1 aliphatic rings. The largest absolute Gasteiger partial charge is 0.459 e. The van der Waals surface area contributed by atoms with Crippen molar-refractivity contribution in [3.8, 4) is 0 Å². The van der Waals surface area contributed by atoms with Gasteiger partial charge in [0, 0.05) is 11.9 Å². The predicted octanol–water partition coefficient (Wildman–Crippen LogP) is 2.53. The maximum absolute atomic E-state index is 6.20. The smallest absolute Gasteiger partial charge is 0.134 e. The lowest BCUT2D eigenvalue weighted by Gasteiger charge is -2.18. The van der Waals surface area contributed by atoms with E-state index in [1.807, 2.05) is 18.2 Å². The van der Waals surface area contributed by atoms with Gasteiger partial charge in [-0.15, -0.1) is 0 Å². The van der Waals surface area contributed by atoms with Crippen molar-refractivity contribution in [1.82, 2.24) is 4.90 Å². The van der Waals surface area contributed by atoms with Crippen LogP contribution in [-0.4, -0.2) is 24.5 Å². The van der Waals surface area contributed by atoms with Crippen LogP contribution in [0.15, 0.2) is 34.7 Å². The fourth-order valence-corrected chi connectivity index (χ4v) is 2.52. The molecule has 1 aliphatic heterocycles. The van der Waals surface area contributed by atoms with E-state index in [1.165, 1.54) is 25.9 Å². The Bertz CT molecular complexity index is 467. The molecular formula is C14H18N2O. The van der Waals surface area contributed by atoms with E-state index in [0.717, 1.165) is 23.3 Å². The van der Waals surface area contributed by atoms with Crippen LogP contribution in [0.4, 0.5) is 0 Å². The van der Waals surface area contributed by atoms with Crippen LogP contribution < -0.4 is 5.73 Å². The normalized spacial score (nSPS) is 18.9. The van der Waals surface area contributed by atoms with E-state index in [2.05, 4.69) is 17.0 Å². The summed E-state index contributed by atoms with van der Waals surface area (Å²) in [6.45, 7) is 3.25. The molecule has 1 unspecified atom stereocenters. The highest BCUT2D eigenvalue weighted by Crippen LogP contribution is 2.23. The second kappa shape index (κ2) is 4.51. The molecule has 0 amide bonds. The monoisotopic (exact) mass is 230 g/mol. The van der Waals surface area contributed by atoms with Gasteiger partial charge in [0.05, 0.1) is 6.04 Å². The molecule has 0 radical (unpaired) electrons. The fraction of sp³-hybridized carbons (Fsp3) is 0.429. The molecule has 0 aliphatic carbocycles. The van der Waals surface area contributed by atoms with Crippen LogP contribution in [0.3, 0.4) is 0 Å². The third kappa shape index (κ3) is 2.21.